The van der Waals surface area contributed by atoms with E-state index in [4.69, 9.17) is 37.0 Å². The summed E-state index contributed by atoms with van der Waals surface area (Å²) in [5.74, 6) is 0.251. The van der Waals surface area contributed by atoms with Gasteiger partial charge >= 0.3 is 39.5 Å². The molecule has 0 fully saturated rings. The van der Waals surface area contributed by atoms with Crippen molar-refractivity contribution in [2.75, 3.05) is 39.6 Å². The quantitative estimate of drug-likeness (QED) is 0.0222. The van der Waals surface area contributed by atoms with Gasteiger partial charge in [0.05, 0.1) is 26.4 Å². The van der Waals surface area contributed by atoms with Crippen molar-refractivity contribution in [1.82, 2.24) is 0 Å². The minimum atomic E-state index is -4.96. The van der Waals surface area contributed by atoms with Gasteiger partial charge in [0.1, 0.15) is 19.3 Å². The zero-order valence-corrected chi connectivity index (χ0v) is 63.9. The lowest BCUT2D eigenvalue weighted by Gasteiger charge is -2.21. The Bertz CT molecular complexity index is 1850. The van der Waals surface area contributed by atoms with Gasteiger partial charge in [-0.2, -0.15) is 0 Å². The molecule has 95 heavy (non-hydrogen) atoms. The molecule has 0 aromatic rings. The lowest BCUT2D eigenvalue weighted by Crippen LogP contribution is -2.30. The summed E-state index contributed by atoms with van der Waals surface area (Å²) in [5.41, 5.74) is 0. The lowest BCUT2D eigenvalue weighted by atomic mass is 9.99. The summed E-state index contributed by atoms with van der Waals surface area (Å²) in [7, 11) is -9.91. The molecule has 0 amide bonds. The minimum absolute atomic E-state index is 0.105. The number of phosphoric acid groups is 2. The molecule has 0 saturated carbocycles. The van der Waals surface area contributed by atoms with Gasteiger partial charge in [-0.1, -0.05) is 337 Å². The molecule has 3 N–H and O–H groups in total. The summed E-state index contributed by atoms with van der Waals surface area (Å²) in [5, 5.41) is 10.6. The van der Waals surface area contributed by atoms with Gasteiger partial charge in [-0.25, -0.2) is 9.13 Å². The maximum absolute atomic E-state index is 13.1. The second-order valence-electron chi connectivity index (χ2n) is 28.6. The number of ether oxygens (including phenoxy) is 4. The predicted molar refractivity (Wildman–Crippen MR) is 386 cm³/mol. The number of aliphatic hydroxyl groups excluding tert-OH is 1. The monoisotopic (exact) mass is 1400 g/mol. The molecule has 0 spiro atoms. The van der Waals surface area contributed by atoms with Crippen LogP contribution in [0.15, 0.2) is 0 Å². The van der Waals surface area contributed by atoms with Crippen molar-refractivity contribution in [2.24, 2.45) is 17.8 Å². The number of aliphatic hydroxyl groups is 1. The topological polar surface area (TPSA) is 237 Å². The van der Waals surface area contributed by atoms with Crippen LogP contribution < -0.4 is 0 Å². The van der Waals surface area contributed by atoms with Crippen LogP contribution in [0.4, 0.5) is 0 Å². The molecule has 0 bridgehead atoms. The number of hydrogen-bond acceptors (Lipinski definition) is 15. The third-order valence-corrected chi connectivity index (χ3v) is 19.9. The van der Waals surface area contributed by atoms with E-state index in [1.807, 2.05) is 0 Å². The van der Waals surface area contributed by atoms with E-state index >= 15 is 0 Å². The van der Waals surface area contributed by atoms with Crippen molar-refractivity contribution in [1.29, 1.82) is 0 Å². The molecule has 0 aromatic heterocycles. The molecule has 0 rings (SSSR count). The largest absolute Gasteiger partial charge is 0.472 e. The molecule has 0 radical (unpaired) electrons. The maximum Gasteiger partial charge on any atom is 0.472 e. The highest BCUT2D eigenvalue weighted by atomic mass is 31.2. The van der Waals surface area contributed by atoms with E-state index in [1.165, 1.54) is 193 Å². The average Bonchev–Trinajstić information content (AvgIpc) is 1.85. The zero-order valence-electron chi connectivity index (χ0n) is 62.1. The Morgan fingerprint density at radius 3 is 0.800 bits per heavy atom. The number of esters is 4. The highest BCUT2D eigenvalue weighted by Crippen LogP contribution is 2.45. The molecule has 0 aromatic carbocycles. The van der Waals surface area contributed by atoms with Gasteiger partial charge in [0.2, 0.25) is 0 Å². The van der Waals surface area contributed by atoms with E-state index in [9.17, 15) is 43.2 Å². The van der Waals surface area contributed by atoms with E-state index < -0.39 is 97.5 Å². The Morgan fingerprint density at radius 2 is 0.537 bits per heavy atom. The van der Waals surface area contributed by atoms with Crippen LogP contribution in [0.25, 0.3) is 0 Å². The first-order valence-corrected chi connectivity index (χ1v) is 42.4. The summed E-state index contributed by atoms with van der Waals surface area (Å²) in [6.45, 7) is 11.9. The van der Waals surface area contributed by atoms with E-state index in [-0.39, 0.29) is 25.7 Å². The van der Waals surface area contributed by atoms with Crippen LogP contribution in [0.1, 0.15) is 389 Å². The number of phosphoric ester groups is 2. The summed E-state index contributed by atoms with van der Waals surface area (Å²) in [4.78, 5) is 72.7. The van der Waals surface area contributed by atoms with Crippen molar-refractivity contribution in [3.63, 3.8) is 0 Å². The number of carbonyl (C=O) groups excluding carboxylic acids is 4. The second kappa shape index (κ2) is 66.6. The van der Waals surface area contributed by atoms with Crippen molar-refractivity contribution in [2.45, 2.75) is 407 Å². The van der Waals surface area contributed by atoms with Crippen molar-refractivity contribution in [3.05, 3.63) is 0 Å². The molecule has 0 aliphatic rings. The fourth-order valence-corrected chi connectivity index (χ4v) is 13.1. The van der Waals surface area contributed by atoms with E-state index in [0.717, 1.165) is 114 Å². The van der Waals surface area contributed by atoms with E-state index in [1.54, 1.807) is 0 Å². The van der Waals surface area contributed by atoms with Gasteiger partial charge in [0, 0.05) is 25.7 Å². The SMILES string of the molecule is CCCCCCCCCCC(=O)OC[C@H](COP(=O)(O)OC[C@H](O)COP(=O)(O)OC[C@@H](COC(=O)CCCCCCCCCCCCCCCCC(C)C)OC(=O)CCCCCCCCCCCCCCCCCC(C)C)OC(=O)CCCCCCCCCCC(C)CC. The van der Waals surface area contributed by atoms with Gasteiger partial charge in [-0.05, 0) is 43.4 Å². The van der Waals surface area contributed by atoms with Crippen molar-refractivity contribution in [3.8, 4) is 0 Å². The fraction of sp³-hybridized carbons (Fsp3) is 0.947. The van der Waals surface area contributed by atoms with Crippen LogP contribution in [-0.4, -0.2) is 96.7 Å². The van der Waals surface area contributed by atoms with Crippen LogP contribution in [-0.2, 0) is 65.4 Å². The average molecular weight is 1400 g/mol. The lowest BCUT2D eigenvalue weighted by molar-refractivity contribution is -0.161. The minimum Gasteiger partial charge on any atom is -0.462 e. The van der Waals surface area contributed by atoms with Crippen LogP contribution in [0.2, 0.25) is 0 Å². The van der Waals surface area contributed by atoms with Gasteiger partial charge in [0.15, 0.2) is 12.2 Å². The summed E-state index contributed by atoms with van der Waals surface area (Å²) in [6, 6.07) is 0. The fourth-order valence-electron chi connectivity index (χ4n) is 11.6. The molecule has 0 aliphatic carbocycles. The van der Waals surface area contributed by atoms with Crippen LogP contribution in [0.5, 0.6) is 0 Å². The smallest absolute Gasteiger partial charge is 0.462 e. The maximum atomic E-state index is 13.1. The zero-order chi connectivity index (χ0) is 70.1. The number of carbonyl (C=O) groups is 4. The first-order chi connectivity index (χ1) is 45.8. The Balaban J connectivity index is 5.22. The Labute approximate surface area is 581 Å². The first kappa shape index (κ1) is 93.1. The standard InChI is InChI=1S/C76H148O17P2/c1-8-10-11-12-13-36-43-50-57-73(78)86-63-71(93-76(81)60-53-46-39-32-31-35-42-49-56-69(7)9-2)65-90-94(82,83)88-61-70(77)62-89-95(84,85)91-66-72(64-87-74(79)58-51-44-37-29-25-21-18-17-20-24-28-34-41-48-55-68(5)6)92-75(80)59-52-45-38-30-26-22-16-14-15-19-23-27-33-40-47-54-67(3)4/h67-72,77H,8-66H2,1-7H3,(H,82,83)(H,84,85)/t69?,70-,71+,72+/m0/s1. The van der Waals surface area contributed by atoms with Crippen LogP contribution in [0.3, 0.4) is 0 Å². The Hall–Kier alpha value is -1.94. The molecule has 0 aliphatic heterocycles. The first-order valence-electron chi connectivity index (χ1n) is 39.4. The van der Waals surface area contributed by atoms with E-state index in [0.29, 0.717) is 25.7 Å². The predicted octanol–water partition coefficient (Wildman–Crippen LogP) is 22.2. The summed E-state index contributed by atoms with van der Waals surface area (Å²) >= 11 is 0. The van der Waals surface area contributed by atoms with Gasteiger partial charge < -0.3 is 33.8 Å². The number of unbranched alkanes of at least 4 members (excludes halogenated alkanes) is 41. The number of rotatable bonds is 74. The highest BCUT2D eigenvalue weighted by Gasteiger charge is 2.30. The van der Waals surface area contributed by atoms with Crippen molar-refractivity contribution >= 4 is 39.5 Å². The van der Waals surface area contributed by atoms with E-state index in [2.05, 4.69) is 48.5 Å². The van der Waals surface area contributed by atoms with Gasteiger partial charge in [-0.15, -0.1) is 0 Å². The molecule has 3 unspecified atom stereocenters. The summed E-state index contributed by atoms with van der Waals surface area (Å²) in [6.07, 6.45) is 52.7. The van der Waals surface area contributed by atoms with Gasteiger partial charge in [0.25, 0.3) is 0 Å². The Kier molecular flexibility index (Phi) is 65.2. The third-order valence-electron chi connectivity index (χ3n) is 18.0. The normalized spacial score (nSPS) is 14.4. The molecule has 19 heteroatoms. The van der Waals surface area contributed by atoms with Crippen molar-refractivity contribution < 1.29 is 80.2 Å². The highest BCUT2D eigenvalue weighted by molar-refractivity contribution is 7.47. The molecule has 564 valence electrons. The van der Waals surface area contributed by atoms with Crippen LogP contribution in [0, 0.1) is 17.8 Å². The van der Waals surface area contributed by atoms with Gasteiger partial charge in [-0.3, -0.25) is 37.3 Å². The molecule has 6 atom stereocenters. The molecule has 17 nitrogen and oxygen atoms in total. The molecule has 0 saturated heterocycles. The summed E-state index contributed by atoms with van der Waals surface area (Å²) < 4.78 is 68.5. The van der Waals surface area contributed by atoms with Crippen LogP contribution >= 0.6 is 15.6 Å². The number of hydrogen-bond donors (Lipinski definition) is 3. The molecular formula is C76H148O17P2. The molecule has 0 heterocycles. The third kappa shape index (κ3) is 69.0. The molecular weight excluding hydrogens is 1250 g/mol. The second-order valence-corrected chi connectivity index (χ2v) is 31.5. The Morgan fingerprint density at radius 1 is 0.305 bits per heavy atom.